The maximum atomic E-state index is 12.3. The number of hydrogen-bond donors (Lipinski definition) is 2. The minimum absolute atomic E-state index is 0.0943. The minimum atomic E-state index is -0.611. The van der Waals surface area contributed by atoms with E-state index >= 15 is 0 Å². The number of rotatable bonds is 3. The lowest BCUT2D eigenvalue weighted by Crippen LogP contribution is -2.45. The molecule has 21 heavy (non-hydrogen) atoms. The van der Waals surface area contributed by atoms with Gasteiger partial charge >= 0.3 is 0 Å². The van der Waals surface area contributed by atoms with Crippen molar-refractivity contribution in [3.63, 3.8) is 0 Å². The van der Waals surface area contributed by atoms with E-state index in [9.17, 15) is 9.59 Å². The Morgan fingerprint density at radius 2 is 2.00 bits per heavy atom. The summed E-state index contributed by atoms with van der Waals surface area (Å²) in [6.07, 6.45) is 1.41. The van der Waals surface area contributed by atoms with Crippen molar-refractivity contribution in [2.45, 2.75) is 39.7 Å². The first kappa shape index (κ1) is 15.5. The smallest absolute Gasteiger partial charge is 0.241 e. The van der Waals surface area contributed by atoms with Crippen molar-refractivity contribution in [3.8, 4) is 0 Å². The molecule has 1 unspecified atom stereocenters. The van der Waals surface area contributed by atoms with Crippen LogP contribution < -0.4 is 16.0 Å². The van der Waals surface area contributed by atoms with Crippen molar-refractivity contribution in [1.29, 1.82) is 0 Å². The highest BCUT2D eigenvalue weighted by atomic mass is 16.2. The van der Waals surface area contributed by atoms with E-state index < -0.39 is 6.04 Å². The highest BCUT2D eigenvalue weighted by Gasteiger charge is 2.29. The highest BCUT2D eigenvalue weighted by Crippen LogP contribution is 2.30. The van der Waals surface area contributed by atoms with Gasteiger partial charge in [-0.05, 0) is 24.0 Å². The summed E-state index contributed by atoms with van der Waals surface area (Å²) < 4.78 is 0. The second-order valence-electron chi connectivity index (χ2n) is 6.50. The van der Waals surface area contributed by atoms with E-state index in [4.69, 9.17) is 5.73 Å². The van der Waals surface area contributed by atoms with Gasteiger partial charge < -0.3 is 16.0 Å². The Hall–Kier alpha value is -1.88. The predicted octanol–water partition coefficient (Wildman–Crippen LogP) is 2.13. The van der Waals surface area contributed by atoms with Crippen LogP contribution in [0.3, 0.4) is 0 Å². The summed E-state index contributed by atoms with van der Waals surface area (Å²) >= 11 is 0. The van der Waals surface area contributed by atoms with Crippen molar-refractivity contribution < 1.29 is 9.59 Å². The number of nitrogens with one attached hydrogen (secondary N) is 1. The zero-order valence-corrected chi connectivity index (χ0v) is 12.8. The van der Waals surface area contributed by atoms with Gasteiger partial charge in [0.2, 0.25) is 11.8 Å². The molecule has 1 heterocycles. The normalized spacial score (nSPS) is 17.0. The van der Waals surface area contributed by atoms with E-state index in [1.54, 1.807) is 11.0 Å². The molecule has 0 aliphatic carbocycles. The largest absolute Gasteiger partial charge is 0.323 e. The van der Waals surface area contributed by atoms with Crippen LogP contribution in [0.15, 0.2) is 24.3 Å². The molecule has 1 atom stereocenters. The minimum Gasteiger partial charge on any atom is -0.323 e. The van der Waals surface area contributed by atoms with E-state index in [0.29, 0.717) is 18.7 Å². The third-order valence-electron chi connectivity index (χ3n) is 3.74. The van der Waals surface area contributed by atoms with E-state index in [0.717, 1.165) is 12.1 Å². The van der Waals surface area contributed by atoms with Gasteiger partial charge in [-0.3, -0.25) is 9.59 Å². The molecule has 1 aliphatic rings. The number of nitrogens with zero attached hydrogens (tertiary/aromatic N) is 1. The Balaban J connectivity index is 2.21. The van der Waals surface area contributed by atoms with Gasteiger partial charge in [0.25, 0.3) is 0 Å². The van der Waals surface area contributed by atoms with Crippen molar-refractivity contribution in [3.05, 3.63) is 24.3 Å². The van der Waals surface area contributed by atoms with Gasteiger partial charge in [-0.1, -0.05) is 32.9 Å². The molecule has 1 aromatic rings. The molecule has 2 rings (SSSR count). The van der Waals surface area contributed by atoms with Gasteiger partial charge in [0.15, 0.2) is 0 Å². The van der Waals surface area contributed by atoms with E-state index in [1.807, 2.05) is 39.0 Å². The molecule has 5 heteroatoms. The van der Waals surface area contributed by atoms with Crippen LogP contribution in [0.4, 0.5) is 11.4 Å². The fraction of sp³-hybridized carbons (Fsp3) is 0.500. The second kappa shape index (κ2) is 5.85. The Morgan fingerprint density at radius 1 is 1.33 bits per heavy atom. The van der Waals surface area contributed by atoms with Gasteiger partial charge in [0.1, 0.15) is 0 Å². The van der Waals surface area contributed by atoms with Crippen molar-refractivity contribution in [1.82, 2.24) is 0 Å². The second-order valence-corrected chi connectivity index (χ2v) is 6.50. The summed E-state index contributed by atoms with van der Waals surface area (Å²) in [5.74, 6) is -0.140. The molecule has 0 spiro atoms. The lowest BCUT2D eigenvalue weighted by molar-refractivity contribution is -0.119. The zero-order valence-electron chi connectivity index (χ0n) is 12.8. The Labute approximate surface area is 125 Å². The molecule has 1 fully saturated rings. The van der Waals surface area contributed by atoms with Gasteiger partial charge in [-0.15, -0.1) is 0 Å². The maximum Gasteiger partial charge on any atom is 0.241 e. The summed E-state index contributed by atoms with van der Waals surface area (Å²) in [7, 11) is 0. The lowest BCUT2D eigenvalue weighted by atomic mass is 9.87. The average Bonchev–Trinajstić information content (AvgIpc) is 2.83. The maximum absolute atomic E-state index is 12.3. The Bertz CT molecular complexity index is 549. The van der Waals surface area contributed by atoms with Crippen LogP contribution in [0.25, 0.3) is 0 Å². The fourth-order valence-electron chi connectivity index (χ4n) is 2.32. The lowest BCUT2D eigenvalue weighted by Gasteiger charge is -2.27. The number of anilines is 2. The number of benzene rings is 1. The summed E-state index contributed by atoms with van der Waals surface area (Å²) in [6, 6.07) is 6.73. The molecule has 114 valence electrons. The number of carbonyl (C=O) groups excluding carboxylic acids is 2. The number of amides is 2. The van der Waals surface area contributed by atoms with Gasteiger partial charge in [0.05, 0.1) is 17.4 Å². The number of nitrogens with two attached hydrogens (primary N) is 1. The topological polar surface area (TPSA) is 75.4 Å². The summed E-state index contributed by atoms with van der Waals surface area (Å²) in [5.41, 5.74) is 7.04. The molecule has 0 aromatic heterocycles. The molecule has 0 saturated carbocycles. The number of carbonyl (C=O) groups is 2. The average molecular weight is 289 g/mol. The monoisotopic (exact) mass is 289 g/mol. The van der Waals surface area contributed by atoms with E-state index in [1.165, 1.54) is 0 Å². The molecule has 3 N–H and O–H groups in total. The van der Waals surface area contributed by atoms with Gasteiger partial charge in [-0.2, -0.15) is 0 Å². The van der Waals surface area contributed by atoms with Crippen LogP contribution in [0.2, 0.25) is 0 Å². The molecule has 0 radical (unpaired) electrons. The SMILES string of the molecule is CC(C)(C)C(N)C(=O)Nc1ccccc1N1CCCC1=O. The quantitative estimate of drug-likeness (QED) is 0.895. The molecular formula is C16H23N3O2. The van der Waals surface area contributed by atoms with Crippen LogP contribution in [0.5, 0.6) is 0 Å². The van der Waals surface area contributed by atoms with Gasteiger partial charge in [-0.25, -0.2) is 0 Å². The van der Waals surface area contributed by atoms with Crippen LogP contribution in [-0.4, -0.2) is 24.4 Å². The Morgan fingerprint density at radius 3 is 2.57 bits per heavy atom. The molecule has 5 nitrogen and oxygen atoms in total. The van der Waals surface area contributed by atoms with Crippen molar-refractivity contribution >= 4 is 23.2 Å². The molecular weight excluding hydrogens is 266 g/mol. The van der Waals surface area contributed by atoms with Gasteiger partial charge in [0, 0.05) is 13.0 Å². The molecule has 1 aromatic carbocycles. The third-order valence-corrected chi connectivity index (χ3v) is 3.74. The van der Waals surface area contributed by atoms with Crippen molar-refractivity contribution in [2.24, 2.45) is 11.1 Å². The summed E-state index contributed by atoms with van der Waals surface area (Å²) in [4.78, 5) is 25.9. The van der Waals surface area contributed by atoms with Crippen LogP contribution >= 0.6 is 0 Å². The number of hydrogen-bond acceptors (Lipinski definition) is 3. The van der Waals surface area contributed by atoms with E-state index in [2.05, 4.69) is 5.32 Å². The first-order valence-corrected chi connectivity index (χ1v) is 7.26. The van der Waals surface area contributed by atoms with Crippen LogP contribution in [-0.2, 0) is 9.59 Å². The summed E-state index contributed by atoms with van der Waals surface area (Å²) in [6.45, 7) is 6.46. The third kappa shape index (κ3) is 3.42. The first-order valence-electron chi connectivity index (χ1n) is 7.26. The van der Waals surface area contributed by atoms with Crippen molar-refractivity contribution in [2.75, 3.05) is 16.8 Å². The van der Waals surface area contributed by atoms with E-state index in [-0.39, 0.29) is 17.2 Å². The molecule has 0 bridgehead atoms. The molecule has 2 amide bonds. The standard InChI is InChI=1S/C16H23N3O2/c1-16(2,3)14(17)15(21)18-11-7-4-5-8-12(11)19-10-6-9-13(19)20/h4-5,7-8,14H,6,9-10,17H2,1-3H3,(H,18,21). The first-order chi connectivity index (χ1) is 9.80. The number of para-hydroxylation sites is 2. The predicted molar refractivity (Wildman–Crippen MR) is 84.1 cm³/mol. The van der Waals surface area contributed by atoms with Crippen LogP contribution in [0, 0.1) is 5.41 Å². The summed E-state index contributed by atoms with van der Waals surface area (Å²) in [5, 5.41) is 2.86. The van der Waals surface area contributed by atoms with Crippen LogP contribution in [0.1, 0.15) is 33.6 Å². The molecule has 1 aliphatic heterocycles. The zero-order chi connectivity index (χ0) is 15.6. The molecule has 1 saturated heterocycles. The fourth-order valence-corrected chi connectivity index (χ4v) is 2.32. The highest BCUT2D eigenvalue weighted by molar-refractivity contribution is 6.03. The Kier molecular flexibility index (Phi) is 4.32.